The predicted octanol–water partition coefficient (Wildman–Crippen LogP) is 3.07. The molecule has 0 fully saturated rings. The van der Waals surface area contributed by atoms with Gasteiger partial charge in [-0.05, 0) is 24.3 Å². The van der Waals surface area contributed by atoms with Crippen LogP contribution in [0, 0.1) is 0 Å². The number of sulfone groups is 1. The lowest BCUT2D eigenvalue weighted by molar-refractivity contribution is 0.101. The van der Waals surface area contributed by atoms with E-state index in [-0.39, 0.29) is 22.0 Å². The topological polar surface area (TPSA) is 64.3 Å². The molecule has 0 radical (unpaired) electrons. The second-order valence-electron chi connectivity index (χ2n) is 4.78. The molecular formula is C16H12O4S. The van der Waals surface area contributed by atoms with E-state index in [0.29, 0.717) is 5.58 Å². The molecule has 5 heteroatoms. The third-order valence-corrected chi connectivity index (χ3v) is 4.28. The first-order valence-corrected chi connectivity index (χ1v) is 8.18. The van der Waals surface area contributed by atoms with Gasteiger partial charge >= 0.3 is 0 Å². The minimum absolute atomic E-state index is 0.115. The average molecular weight is 300 g/mol. The highest BCUT2D eigenvalue weighted by Gasteiger charge is 2.16. The van der Waals surface area contributed by atoms with Crippen molar-refractivity contribution in [3.05, 3.63) is 65.9 Å². The van der Waals surface area contributed by atoms with E-state index in [1.165, 1.54) is 12.1 Å². The van der Waals surface area contributed by atoms with Crippen molar-refractivity contribution in [2.75, 3.05) is 6.26 Å². The molecule has 1 aromatic heterocycles. The molecule has 106 valence electrons. The fraction of sp³-hybridized carbons (Fsp3) is 0.0625. The Kier molecular flexibility index (Phi) is 3.14. The molecule has 0 unspecified atom stereocenters. The van der Waals surface area contributed by atoms with Crippen molar-refractivity contribution in [3.63, 3.8) is 0 Å². The fourth-order valence-corrected chi connectivity index (χ4v) is 2.77. The van der Waals surface area contributed by atoms with Gasteiger partial charge in [0.2, 0.25) is 5.78 Å². The maximum Gasteiger partial charge on any atom is 0.228 e. The normalized spacial score (nSPS) is 11.7. The van der Waals surface area contributed by atoms with E-state index in [2.05, 4.69) is 0 Å². The van der Waals surface area contributed by atoms with Crippen LogP contribution in [0.5, 0.6) is 0 Å². The number of ketones is 1. The summed E-state index contributed by atoms with van der Waals surface area (Å²) in [6, 6.07) is 14.9. The van der Waals surface area contributed by atoms with E-state index in [4.69, 9.17) is 4.42 Å². The molecular weight excluding hydrogens is 288 g/mol. The Morgan fingerprint density at radius 3 is 2.48 bits per heavy atom. The van der Waals surface area contributed by atoms with Crippen LogP contribution < -0.4 is 0 Å². The highest BCUT2D eigenvalue weighted by atomic mass is 32.2. The molecule has 0 saturated carbocycles. The molecule has 1 heterocycles. The zero-order valence-electron chi connectivity index (χ0n) is 11.2. The van der Waals surface area contributed by atoms with E-state index in [0.717, 1.165) is 11.6 Å². The SMILES string of the molecule is CS(=O)(=O)c1cccc(C(=O)c2cc3ccccc3o2)c1. The maximum absolute atomic E-state index is 12.4. The quantitative estimate of drug-likeness (QED) is 0.697. The summed E-state index contributed by atoms with van der Waals surface area (Å²) in [6.07, 6.45) is 1.11. The van der Waals surface area contributed by atoms with Crippen LogP contribution in [0.2, 0.25) is 0 Å². The summed E-state index contributed by atoms with van der Waals surface area (Å²) in [5.41, 5.74) is 0.914. The molecule has 3 aromatic rings. The molecule has 0 amide bonds. The Hall–Kier alpha value is -2.40. The van der Waals surface area contributed by atoms with E-state index < -0.39 is 9.84 Å². The Labute approximate surface area is 121 Å². The lowest BCUT2D eigenvalue weighted by Crippen LogP contribution is -2.03. The highest BCUT2D eigenvalue weighted by Crippen LogP contribution is 2.22. The summed E-state index contributed by atoms with van der Waals surface area (Å²) in [5, 5.41) is 0.833. The smallest absolute Gasteiger partial charge is 0.228 e. The van der Waals surface area contributed by atoms with Gasteiger partial charge in [-0.25, -0.2) is 8.42 Å². The lowest BCUT2D eigenvalue weighted by Gasteiger charge is -2.01. The van der Waals surface area contributed by atoms with Crippen molar-refractivity contribution in [1.29, 1.82) is 0 Å². The lowest BCUT2D eigenvalue weighted by atomic mass is 10.1. The zero-order valence-corrected chi connectivity index (χ0v) is 12.1. The average Bonchev–Trinajstić information content (AvgIpc) is 2.89. The number of furan rings is 1. The first kappa shape index (κ1) is 13.6. The van der Waals surface area contributed by atoms with Gasteiger partial charge in [-0.1, -0.05) is 30.3 Å². The van der Waals surface area contributed by atoms with Crippen molar-refractivity contribution in [2.45, 2.75) is 4.90 Å². The molecule has 3 rings (SSSR count). The van der Waals surface area contributed by atoms with Crippen molar-refractivity contribution < 1.29 is 17.6 Å². The van der Waals surface area contributed by atoms with Crippen molar-refractivity contribution in [2.24, 2.45) is 0 Å². The third-order valence-electron chi connectivity index (χ3n) is 3.17. The predicted molar refractivity (Wildman–Crippen MR) is 79.2 cm³/mol. The number of carbonyl (C=O) groups is 1. The monoisotopic (exact) mass is 300 g/mol. The van der Waals surface area contributed by atoms with Crippen LogP contribution in [0.25, 0.3) is 11.0 Å². The summed E-state index contributed by atoms with van der Waals surface area (Å²) in [7, 11) is -3.35. The molecule has 0 atom stereocenters. The molecule has 4 nitrogen and oxygen atoms in total. The molecule has 0 saturated heterocycles. The Morgan fingerprint density at radius 1 is 1.00 bits per heavy atom. The summed E-state index contributed by atoms with van der Waals surface area (Å²) in [6.45, 7) is 0. The van der Waals surface area contributed by atoms with Gasteiger partial charge in [0.15, 0.2) is 15.6 Å². The van der Waals surface area contributed by atoms with Crippen LogP contribution in [0.3, 0.4) is 0 Å². The fourth-order valence-electron chi connectivity index (χ4n) is 2.10. The van der Waals surface area contributed by atoms with E-state index >= 15 is 0 Å². The largest absolute Gasteiger partial charge is 0.453 e. The van der Waals surface area contributed by atoms with E-state index in [9.17, 15) is 13.2 Å². The van der Waals surface area contributed by atoms with Crippen LogP contribution in [0.4, 0.5) is 0 Å². The van der Waals surface area contributed by atoms with Crippen LogP contribution in [-0.2, 0) is 9.84 Å². The van der Waals surface area contributed by atoms with Gasteiger partial charge in [-0.2, -0.15) is 0 Å². The molecule has 0 aliphatic heterocycles. The summed E-state index contributed by atoms with van der Waals surface area (Å²) in [5.74, 6) is -0.140. The number of fused-ring (bicyclic) bond motifs is 1. The van der Waals surface area contributed by atoms with Crippen LogP contribution >= 0.6 is 0 Å². The molecule has 21 heavy (non-hydrogen) atoms. The highest BCUT2D eigenvalue weighted by molar-refractivity contribution is 7.90. The third kappa shape index (κ3) is 2.60. The Morgan fingerprint density at radius 2 is 1.76 bits per heavy atom. The van der Waals surface area contributed by atoms with Crippen molar-refractivity contribution in [1.82, 2.24) is 0 Å². The number of para-hydroxylation sites is 1. The van der Waals surface area contributed by atoms with Gasteiger partial charge < -0.3 is 4.42 Å². The number of benzene rings is 2. The van der Waals surface area contributed by atoms with Gasteiger partial charge in [0, 0.05) is 17.2 Å². The van der Waals surface area contributed by atoms with Crippen LogP contribution in [-0.4, -0.2) is 20.5 Å². The van der Waals surface area contributed by atoms with Gasteiger partial charge in [-0.3, -0.25) is 4.79 Å². The van der Waals surface area contributed by atoms with Crippen molar-refractivity contribution >= 4 is 26.6 Å². The van der Waals surface area contributed by atoms with Gasteiger partial charge in [-0.15, -0.1) is 0 Å². The van der Waals surface area contributed by atoms with E-state index in [1.54, 1.807) is 24.3 Å². The summed E-state index contributed by atoms with van der Waals surface area (Å²) >= 11 is 0. The van der Waals surface area contributed by atoms with E-state index in [1.807, 2.05) is 18.2 Å². The number of hydrogen-bond acceptors (Lipinski definition) is 4. The number of rotatable bonds is 3. The molecule has 0 spiro atoms. The molecule has 0 N–H and O–H groups in total. The first-order valence-electron chi connectivity index (χ1n) is 6.28. The minimum atomic E-state index is -3.35. The molecule has 0 aliphatic rings. The van der Waals surface area contributed by atoms with Crippen LogP contribution in [0.15, 0.2) is 63.9 Å². The molecule has 2 aromatic carbocycles. The van der Waals surface area contributed by atoms with Gasteiger partial charge in [0.05, 0.1) is 4.90 Å². The first-order chi connectivity index (χ1) is 9.95. The standard InChI is InChI=1S/C16H12O4S/c1-21(18,19)13-7-4-6-12(9-13)16(17)15-10-11-5-2-3-8-14(11)20-15/h2-10H,1H3. The zero-order chi connectivity index (χ0) is 15.0. The minimum Gasteiger partial charge on any atom is -0.453 e. The summed E-state index contributed by atoms with van der Waals surface area (Å²) in [4.78, 5) is 12.5. The van der Waals surface area contributed by atoms with Gasteiger partial charge in [0.25, 0.3) is 0 Å². The maximum atomic E-state index is 12.4. The second-order valence-corrected chi connectivity index (χ2v) is 6.79. The van der Waals surface area contributed by atoms with Gasteiger partial charge in [0.1, 0.15) is 5.58 Å². The van der Waals surface area contributed by atoms with Crippen molar-refractivity contribution in [3.8, 4) is 0 Å². The van der Waals surface area contributed by atoms with Crippen LogP contribution in [0.1, 0.15) is 16.1 Å². The Balaban J connectivity index is 2.06. The summed E-state index contributed by atoms with van der Waals surface area (Å²) < 4.78 is 28.6. The molecule has 0 aliphatic carbocycles. The number of carbonyl (C=O) groups excluding carboxylic acids is 1. The second kappa shape index (κ2) is 4.86. The molecule has 0 bridgehead atoms. The number of hydrogen-bond donors (Lipinski definition) is 0. The Bertz CT molecular complexity index is 903.